The second kappa shape index (κ2) is 8.47. The van der Waals surface area contributed by atoms with Crippen molar-refractivity contribution in [1.29, 1.82) is 0 Å². The maximum Gasteiger partial charge on any atom is 0.432 e. The SMILES string of the molecule is O=C(NO)O[C@@H]1[C@@H](O)CCCN1S(=O)(=O)c1ccc(OCc2nn[nH]n2)cc1. The van der Waals surface area contributed by atoms with Crippen LogP contribution in [0.15, 0.2) is 29.2 Å². The summed E-state index contributed by atoms with van der Waals surface area (Å²) in [6, 6.07) is 5.55. The van der Waals surface area contributed by atoms with Crippen molar-refractivity contribution in [3.63, 3.8) is 0 Å². The van der Waals surface area contributed by atoms with E-state index in [1.807, 2.05) is 0 Å². The topological polar surface area (TPSA) is 180 Å². The van der Waals surface area contributed by atoms with Crippen molar-refractivity contribution >= 4 is 16.1 Å². The van der Waals surface area contributed by atoms with Gasteiger partial charge in [-0.2, -0.15) is 9.52 Å². The number of aliphatic hydroxyl groups is 1. The van der Waals surface area contributed by atoms with E-state index in [1.165, 1.54) is 29.7 Å². The number of rotatable bonds is 6. The van der Waals surface area contributed by atoms with Gasteiger partial charge in [0.1, 0.15) is 11.9 Å². The zero-order valence-electron chi connectivity index (χ0n) is 14.4. The summed E-state index contributed by atoms with van der Waals surface area (Å²) in [6.45, 7) is 0.0892. The predicted molar refractivity (Wildman–Crippen MR) is 89.3 cm³/mol. The second-order valence-corrected chi connectivity index (χ2v) is 7.71. The predicted octanol–water partition coefficient (Wildman–Crippen LogP) is -0.634. The van der Waals surface area contributed by atoms with Crippen LogP contribution in [0.5, 0.6) is 5.75 Å². The Bertz CT molecular complexity index is 889. The molecule has 0 aliphatic carbocycles. The summed E-state index contributed by atoms with van der Waals surface area (Å²) in [4.78, 5) is 11.2. The van der Waals surface area contributed by atoms with Gasteiger partial charge in [-0.1, -0.05) is 5.21 Å². The standard InChI is InChI=1S/C14H18N6O7S/c21-11-2-1-7-20(13(11)27-14(22)17-23)28(24,25)10-5-3-9(4-6-10)26-8-12-15-18-19-16-12/h3-6,11,13,21,23H,1-2,7-8H2,(H,17,22)(H,15,16,18,19)/t11-,13+/m0/s1. The zero-order valence-corrected chi connectivity index (χ0v) is 15.2. The van der Waals surface area contributed by atoms with Crippen LogP contribution in [0, 0.1) is 0 Å². The first-order valence-corrected chi connectivity index (χ1v) is 9.61. The third kappa shape index (κ3) is 4.36. The summed E-state index contributed by atoms with van der Waals surface area (Å²) in [7, 11) is -4.08. The first kappa shape index (κ1) is 19.9. The van der Waals surface area contributed by atoms with E-state index in [0.717, 1.165) is 4.31 Å². The van der Waals surface area contributed by atoms with Crippen LogP contribution in [-0.4, -0.2) is 68.6 Å². The number of carbonyl (C=O) groups excluding carboxylic acids is 1. The molecular weight excluding hydrogens is 396 g/mol. The van der Waals surface area contributed by atoms with E-state index >= 15 is 0 Å². The van der Waals surface area contributed by atoms with Crippen LogP contribution in [0.1, 0.15) is 18.7 Å². The highest BCUT2D eigenvalue weighted by Crippen LogP contribution is 2.27. The van der Waals surface area contributed by atoms with Gasteiger partial charge in [-0.25, -0.2) is 18.7 Å². The number of hydrogen-bond donors (Lipinski definition) is 4. The normalized spacial score (nSPS) is 20.5. The fourth-order valence-electron chi connectivity index (χ4n) is 2.68. The number of aliphatic hydroxyl groups excluding tert-OH is 1. The second-order valence-electron chi connectivity index (χ2n) is 5.82. The lowest BCUT2D eigenvalue weighted by Gasteiger charge is -2.36. The van der Waals surface area contributed by atoms with E-state index in [-0.39, 0.29) is 24.5 Å². The summed E-state index contributed by atoms with van der Waals surface area (Å²) >= 11 is 0. The number of nitrogens with zero attached hydrogens (tertiary/aromatic N) is 4. The summed E-state index contributed by atoms with van der Waals surface area (Å²) < 4.78 is 37.0. The van der Waals surface area contributed by atoms with Gasteiger partial charge in [0.15, 0.2) is 12.8 Å². The third-order valence-corrected chi connectivity index (χ3v) is 5.87. The Balaban J connectivity index is 1.75. The number of ether oxygens (including phenoxy) is 2. The molecule has 0 unspecified atom stereocenters. The highest BCUT2D eigenvalue weighted by Gasteiger charge is 2.41. The zero-order chi connectivity index (χ0) is 20.1. The number of aromatic amines is 1. The van der Waals surface area contributed by atoms with E-state index < -0.39 is 28.4 Å². The van der Waals surface area contributed by atoms with Crippen LogP contribution < -0.4 is 10.2 Å². The van der Waals surface area contributed by atoms with Crippen molar-refractivity contribution in [3.8, 4) is 5.75 Å². The molecule has 2 aromatic rings. The van der Waals surface area contributed by atoms with E-state index in [0.29, 0.717) is 18.0 Å². The maximum absolute atomic E-state index is 12.9. The van der Waals surface area contributed by atoms with Gasteiger partial charge in [0.05, 0.1) is 4.90 Å². The van der Waals surface area contributed by atoms with Crippen LogP contribution in [-0.2, 0) is 21.4 Å². The van der Waals surface area contributed by atoms with E-state index in [2.05, 4.69) is 20.6 Å². The molecule has 28 heavy (non-hydrogen) atoms. The number of hydroxylamine groups is 1. The van der Waals surface area contributed by atoms with Crippen molar-refractivity contribution in [3.05, 3.63) is 30.1 Å². The molecule has 14 heteroatoms. The molecule has 0 radical (unpaired) electrons. The van der Waals surface area contributed by atoms with Gasteiger partial charge in [-0.3, -0.25) is 5.21 Å². The Morgan fingerprint density at radius 1 is 1.36 bits per heavy atom. The van der Waals surface area contributed by atoms with Gasteiger partial charge < -0.3 is 14.6 Å². The minimum Gasteiger partial charge on any atom is -0.485 e. The smallest absolute Gasteiger partial charge is 0.432 e. The van der Waals surface area contributed by atoms with Gasteiger partial charge >= 0.3 is 6.09 Å². The van der Waals surface area contributed by atoms with E-state index in [4.69, 9.17) is 14.7 Å². The van der Waals surface area contributed by atoms with E-state index in [1.54, 1.807) is 0 Å². The van der Waals surface area contributed by atoms with Gasteiger partial charge in [-0.05, 0) is 37.1 Å². The monoisotopic (exact) mass is 414 g/mol. The average molecular weight is 414 g/mol. The lowest BCUT2D eigenvalue weighted by atomic mass is 10.1. The van der Waals surface area contributed by atoms with Crippen molar-refractivity contribution in [2.45, 2.75) is 36.7 Å². The minimum absolute atomic E-state index is 0.0405. The average Bonchev–Trinajstić information content (AvgIpc) is 3.21. The summed E-state index contributed by atoms with van der Waals surface area (Å²) in [5, 5.41) is 31.8. The van der Waals surface area contributed by atoms with Crippen molar-refractivity contribution < 1.29 is 33.0 Å². The van der Waals surface area contributed by atoms with Crippen LogP contribution >= 0.6 is 0 Å². The van der Waals surface area contributed by atoms with Crippen LogP contribution in [0.4, 0.5) is 4.79 Å². The number of aromatic nitrogens is 4. The number of H-pyrrole nitrogens is 1. The van der Waals surface area contributed by atoms with Gasteiger partial charge in [-0.15, -0.1) is 10.2 Å². The first-order valence-electron chi connectivity index (χ1n) is 8.17. The largest absolute Gasteiger partial charge is 0.485 e. The number of nitrogens with one attached hydrogen (secondary N) is 2. The Morgan fingerprint density at radius 3 is 2.75 bits per heavy atom. The molecule has 1 aliphatic heterocycles. The fourth-order valence-corrected chi connectivity index (χ4v) is 4.26. The van der Waals surface area contributed by atoms with Crippen molar-refractivity contribution in [2.24, 2.45) is 0 Å². The minimum atomic E-state index is -4.08. The molecule has 13 nitrogen and oxygen atoms in total. The number of hydrogen-bond acceptors (Lipinski definition) is 10. The molecule has 4 N–H and O–H groups in total. The number of amides is 1. The highest BCUT2D eigenvalue weighted by atomic mass is 32.2. The number of tetrazole rings is 1. The van der Waals surface area contributed by atoms with Crippen LogP contribution in [0.3, 0.4) is 0 Å². The lowest BCUT2D eigenvalue weighted by molar-refractivity contribution is -0.0837. The van der Waals surface area contributed by atoms with Crippen molar-refractivity contribution in [2.75, 3.05) is 6.54 Å². The Morgan fingerprint density at radius 2 is 2.11 bits per heavy atom. The quantitative estimate of drug-likeness (QED) is 0.351. The van der Waals surface area contributed by atoms with Crippen molar-refractivity contribution in [1.82, 2.24) is 30.4 Å². The molecule has 1 aliphatic rings. The molecule has 1 saturated heterocycles. The molecule has 3 rings (SSSR count). The number of carbonyl (C=O) groups is 1. The summed E-state index contributed by atoms with van der Waals surface area (Å²) in [5.74, 6) is 0.719. The van der Waals surface area contributed by atoms with Crippen LogP contribution in [0.2, 0.25) is 0 Å². The number of sulfonamides is 1. The molecule has 152 valence electrons. The Hall–Kier alpha value is -2.81. The van der Waals surface area contributed by atoms with Gasteiger partial charge in [0.25, 0.3) is 0 Å². The molecule has 1 aromatic heterocycles. The molecule has 1 amide bonds. The molecule has 1 fully saturated rings. The van der Waals surface area contributed by atoms with Gasteiger partial charge in [0, 0.05) is 6.54 Å². The molecule has 0 bridgehead atoms. The molecular formula is C14H18N6O7S. The first-order chi connectivity index (χ1) is 13.4. The number of piperidine rings is 1. The Kier molecular flexibility index (Phi) is 6.03. The molecule has 0 spiro atoms. The lowest BCUT2D eigenvalue weighted by Crippen LogP contribution is -2.53. The molecule has 0 saturated carbocycles. The van der Waals surface area contributed by atoms with E-state index in [9.17, 15) is 18.3 Å². The fraction of sp³-hybridized carbons (Fsp3) is 0.429. The molecule has 1 aromatic carbocycles. The number of benzene rings is 1. The Labute approximate surface area is 159 Å². The van der Waals surface area contributed by atoms with Gasteiger partial charge in [0.2, 0.25) is 15.8 Å². The molecule has 2 atom stereocenters. The summed E-state index contributed by atoms with van der Waals surface area (Å²) in [6.07, 6.45) is -3.32. The molecule has 2 heterocycles. The third-order valence-electron chi connectivity index (χ3n) is 4.00. The van der Waals surface area contributed by atoms with Crippen LogP contribution in [0.25, 0.3) is 0 Å². The maximum atomic E-state index is 12.9. The highest BCUT2D eigenvalue weighted by molar-refractivity contribution is 7.89. The summed E-state index contributed by atoms with van der Waals surface area (Å²) in [5.41, 5.74) is 1.25.